The van der Waals surface area contributed by atoms with E-state index in [2.05, 4.69) is 10.1 Å². The first kappa shape index (κ1) is 18.3. The number of esters is 1. The number of carbonyl (C=O) groups is 3. The van der Waals surface area contributed by atoms with E-state index in [1.807, 2.05) is 0 Å². The highest BCUT2D eigenvalue weighted by Gasteiger charge is 2.50. The summed E-state index contributed by atoms with van der Waals surface area (Å²) in [7, 11) is 3.07. The number of ether oxygens (including phenoxy) is 1. The Morgan fingerprint density at radius 3 is 2.92 bits per heavy atom. The van der Waals surface area contributed by atoms with E-state index in [1.165, 1.54) is 23.8 Å². The number of thioether (sulfide) groups is 1. The lowest BCUT2D eigenvalue weighted by atomic mass is 10.0. The second-order valence-corrected chi connectivity index (χ2v) is 7.03. The quantitative estimate of drug-likeness (QED) is 0.305. The number of fused-ring (bicyclic) bond motifs is 1. The molecular formula is C15H19N5O5S. The zero-order valence-electron chi connectivity index (χ0n) is 14.3. The van der Waals surface area contributed by atoms with Gasteiger partial charge in [-0.25, -0.2) is 0 Å². The van der Waals surface area contributed by atoms with Crippen LogP contribution in [0.4, 0.5) is 5.82 Å². The summed E-state index contributed by atoms with van der Waals surface area (Å²) in [6.45, 7) is 0.275. The maximum Gasteiger partial charge on any atom is 0.325 e. The molecule has 2 aliphatic rings. The average molecular weight is 381 g/mol. The Morgan fingerprint density at radius 2 is 2.27 bits per heavy atom. The number of aliphatic carboxylic acids is 1. The first-order chi connectivity index (χ1) is 12.3. The smallest absolute Gasteiger partial charge is 0.325 e. The first-order valence-electron chi connectivity index (χ1n) is 7.85. The van der Waals surface area contributed by atoms with Crippen LogP contribution in [0.15, 0.2) is 23.5 Å². The molecule has 0 radical (unpaired) electrons. The number of carboxylic acids is 1. The van der Waals surface area contributed by atoms with Crippen LogP contribution in [0.5, 0.6) is 0 Å². The van der Waals surface area contributed by atoms with Gasteiger partial charge in [-0.2, -0.15) is 0 Å². The fraction of sp³-hybridized carbons (Fsp3) is 0.467. The average Bonchev–Trinajstić information content (AvgIpc) is 2.98. The molecule has 10 nitrogen and oxygen atoms in total. The molecule has 2 atom stereocenters. The minimum absolute atomic E-state index is 0.0129. The molecule has 1 amide bonds. The largest absolute Gasteiger partial charge is 0.543 e. The number of nitrogens with zero attached hydrogens (tertiary/aromatic N) is 3. The summed E-state index contributed by atoms with van der Waals surface area (Å²) in [5.74, 6) is -1.09. The molecule has 1 saturated heterocycles. The Morgan fingerprint density at radius 1 is 1.54 bits per heavy atom. The standard InChI is InChI=1S/C15H19N5O5S/c1-18-9(17-5-10(21)25-2)3-4-19(18)6-8-7-26-14-11(16)13(22)20(14)12(8)15(23)24/h3-4,11,14H,5-7,16H2,1-2H3,(H,23,24)/t11-,14-/m1/s1. The van der Waals surface area contributed by atoms with Crippen LogP contribution in [-0.2, 0) is 32.7 Å². The number of aromatic nitrogens is 2. The SMILES string of the molecule is COC(=O)CNc1cc[n+](CC2=C(C(=O)[O-])N3C(=O)[C@@H](N)[C@H]3SC2)n1C. The third-order valence-electron chi connectivity index (χ3n) is 4.41. The van der Waals surface area contributed by atoms with Gasteiger partial charge in [0.25, 0.3) is 0 Å². The minimum Gasteiger partial charge on any atom is -0.543 e. The predicted octanol–water partition coefficient (Wildman–Crippen LogP) is -2.86. The Balaban J connectivity index is 1.81. The topological polar surface area (TPSA) is 134 Å². The molecule has 0 aromatic carbocycles. The maximum absolute atomic E-state index is 12.0. The van der Waals surface area contributed by atoms with Crippen molar-refractivity contribution in [3.63, 3.8) is 0 Å². The van der Waals surface area contributed by atoms with E-state index in [0.29, 0.717) is 17.1 Å². The van der Waals surface area contributed by atoms with Crippen LogP contribution in [0.3, 0.4) is 0 Å². The van der Waals surface area contributed by atoms with Gasteiger partial charge in [0.2, 0.25) is 5.91 Å². The van der Waals surface area contributed by atoms with Gasteiger partial charge >= 0.3 is 5.97 Å². The fourth-order valence-corrected chi connectivity index (χ4v) is 4.24. The summed E-state index contributed by atoms with van der Waals surface area (Å²) in [5, 5.41) is 14.2. The van der Waals surface area contributed by atoms with Crippen molar-refractivity contribution in [1.82, 2.24) is 9.58 Å². The van der Waals surface area contributed by atoms with Crippen molar-refractivity contribution in [2.24, 2.45) is 12.8 Å². The summed E-state index contributed by atoms with van der Waals surface area (Å²) in [6, 6.07) is 1.08. The zero-order chi connectivity index (χ0) is 19.0. The lowest BCUT2D eigenvalue weighted by molar-refractivity contribution is -0.765. The summed E-state index contributed by atoms with van der Waals surface area (Å²) >= 11 is 1.43. The third-order valence-corrected chi connectivity index (χ3v) is 5.78. The van der Waals surface area contributed by atoms with E-state index in [1.54, 1.807) is 28.7 Å². The molecule has 1 aromatic rings. The number of carboxylic acid groups (broad SMARTS) is 1. The van der Waals surface area contributed by atoms with Gasteiger partial charge in [-0.15, -0.1) is 21.1 Å². The van der Waals surface area contributed by atoms with Gasteiger partial charge in [0.15, 0.2) is 18.6 Å². The minimum atomic E-state index is -1.38. The second kappa shape index (κ2) is 7.00. The van der Waals surface area contributed by atoms with Crippen LogP contribution in [0.2, 0.25) is 0 Å². The molecule has 0 unspecified atom stereocenters. The predicted molar refractivity (Wildman–Crippen MR) is 89.2 cm³/mol. The lowest BCUT2D eigenvalue weighted by Gasteiger charge is -2.49. The molecule has 3 heterocycles. The van der Waals surface area contributed by atoms with E-state index in [-0.39, 0.29) is 24.2 Å². The number of β-lactam (4-membered cyclic amide) rings is 1. The van der Waals surface area contributed by atoms with E-state index in [4.69, 9.17) is 5.73 Å². The number of hydrogen-bond donors (Lipinski definition) is 2. The molecule has 1 fully saturated rings. The molecule has 3 rings (SSSR count). The number of carbonyl (C=O) groups excluding carboxylic acids is 3. The number of nitrogens with two attached hydrogens (primary N) is 1. The molecule has 2 aliphatic heterocycles. The number of hydrogen-bond acceptors (Lipinski definition) is 8. The third kappa shape index (κ3) is 3.03. The summed E-state index contributed by atoms with van der Waals surface area (Å²) < 4.78 is 8.09. The summed E-state index contributed by atoms with van der Waals surface area (Å²) in [5.41, 5.74) is 6.20. The lowest BCUT2D eigenvalue weighted by Crippen LogP contribution is -2.69. The Bertz CT molecular complexity index is 804. The number of rotatable bonds is 6. The highest BCUT2D eigenvalue weighted by molar-refractivity contribution is 8.00. The Hall–Kier alpha value is -2.53. The van der Waals surface area contributed by atoms with Crippen molar-refractivity contribution in [2.75, 3.05) is 24.7 Å². The number of nitrogens with one attached hydrogen (secondary N) is 1. The highest BCUT2D eigenvalue weighted by Crippen LogP contribution is 2.39. The van der Waals surface area contributed by atoms with E-state index < -0.39 is 23.9 Å². The van der Waals surface area contributed by atoms with Crippen LogP contribution in [0, 0.1) is 0 Å². The van der Waals surface area contributed by atoms with Gasteiger partial charge in [0.05, 0.1) is 31.9 Å². The second-order valence-electron chi connectivity index (χ2n) is 5.93. The molecule has 0 saturated carbocycles. The Labute approximate surface area is 153 Å². The molecule has 1 aromatic heterocycles. The summed E-state index contributed by atoms with van der Waals surface area (Å²) in [4.78, 5) is 36.0. The van der Waals surface area contributed by atoms with Gasteiger partial charge in [0, 0.05) is 11.3 Å². The van der Waals surface area contributed by atoms with Gasteiger partial charge in [-0.3, -0.25) is 14.5 Å². The monoisotopic (exact) mass is 381 g/mol. The van der Waals surface area contributed by atoms with Crippen LogP contribution >= 0.6 is 11.8 Å². The van der Waals surface area contributed by atoms with Crippen LogP contribution < -0.4 is 20.8 Å². The van der Waals surface area contributed by atoms with Gasteiger partial charge in [-0.05, 0) is 0 Å². The van der Waals surface area contributed by atoms with Crippen molar-refractivity contribution < 1.29 is 28.9 Å². The van der Waals surface area contributed by atoms with Gasteiger partial charge in [-0.1, -0.05) is 0 Å². The van der Waals surface area contributed by atoms with Crippen molar-refractivity contribution >= 4 is 35.4 Å². The van der Waals surface area contributed by atoms with Gasteiger partial charge in [0.1, 0.15) is 18.0 Å². The molecule has 26 heavy (non-hydrogen) atoms. The summed E-state index contributed by atoms with van der Waals surface area (Å²) in [6.07, 6.45) is 1.75. The zero-order valence-corrected chi connectivity index (χ0v) is 15.1. The molecule has 0 bridgehead atoms. The molecule has 0 aliphatic carbocycles. The molecule has 140 valence electrons. The first-order valence-corrected chi connectivity index (χ1v) is 8.89. The van der Waals surface area contributed by atoms with Crippen molar-refractivity contribution in [3.05, 3.63) is 23.5 Å². The van der Waals surface area contributed by atoms with Crippen LogP contribution in [-0.4, -0.2) is 58.3 Å². The Kier molecular flexibility index (Phi) is 4.92. The molecule has 0 spiro atoms. The van der Waals surface area contributed by atoms with E-state index in [0.717, 1.165) is 0 Å². The normalized spacial score (nSPS) is 22.0. The molecule has 3 N–H and O–H groups in total. The maximum atomic E-state index is 12.0. The number of anilines is 1. The van der Waals surface area contributed by atoms with Crippen molar-refractivity contribution in [1.29, 1.82) is 0 Å². The van der Waals surface area contributed by atoms with Gasteiger partial charge < -0.3 is 25.7 Å². The van der Waals surface area contributed by atoms with Crippen LogP contribution in [0.25, 0.3) is 0 Å². The highest BCUT2D eigenvalue weighted by atomic mass is 32.2. The van der Waals surface area contributed by atoms with Crippen molar-refractivity contribution in [2.45, 2.75) is 18.0 Å². The van der Waals surface area contributed by atoms with Crippen molar-refractivity contribution in [3.8, 4) is 0 Å². The number of amides is 1. The van der Waals surface area contributed by atoms with Crippen LogP contribution in [0.1, 0.15) is 0 Å². The van der Waals surface area contributed by atoms with E-state index in [9.17, 15) is 19.5 Å². The number of methoxy groups -OCH3 is 1. The molecule has 11 heteroatoms. The van der Waals surface area contributed by atoms with E-state index >= 15 is 0 Å². The molecular weight excluding hydrogens is 362 g/mol. The fourth-order valence-electron chi connectivity index (χ4n) is 2.96.